The second-order valence-electron chi connectivity index (χ2n) is 14.6. The topological polar surface area (TPSA) is 82.7 Å². The molecule has 0 aliphatic carbocycles. The first-order valence-electron chi connectivity index (χ1n) is 19.0. The minimum atomic E-state index is -0.397. The Labute approximate surface area is 328 Å². The van der Waals surface area contributed by atoms with Crippen molar-refractivity contribution < 1.29 is 9.59 Å². The maximum Gasteiger partial charge on any atom is 0.249 e. The number of rotatable bonds is 11. The van der Waals surface area contributed by atoms with Crippen LogP contribution in [0.1, 0.15) is 47.7 Å². The van der Waals surface area contributed by atoms with Crippen molar-refractivity contribution in [1.29, 1.82) is 0 Å². The van der Waals surface area contributed by atoms with Crippen LogP contribution in [0.4, 0.5) is 0 Å². The number of carbonyl (C=O) groups is 2. The quantitative estimate of drug-likeness (QED) is 0.137. The number of likely N-dealkylation sites (N-methyl/N-ethyl adjacent to an activating group) is 2. The lowest BCUT2D eigenvalue weighted by Gasteiger charge is -2.30. The normalized spacial score (nSPS) is 15.3. The van der Waals surface area contributed by atoms with Gasteiger partial charge in [0.1, 0.15) is 12.1 Å². The molecule has 2 aliphatic rings. The predicted molar refractivity (Wildman–Crippen MR) is 220 cm³/mol. The molecular weight excluding hydrogens is 697 g/mol. The van der Waals surface area contributed by atoms with Crippen LogP contribution >= 0.6 is 0 Å². The lowest BCUT2D eigenvalue weighted by Crippen LogP contribution is -2.38. The van der Waals surface area contributed by atoms with Crippen LogP contribution in [-0.2, 0) is 9.59 Å². The second kappa shape index (κ2) is 15.8. The van der Waals surface area contributed by atoms with Crippen molar-refractivity contribution in [1.82, 2.24) is 38.7 Å². The third kappa shape index (κ3) is 7.00. The van der Waals surface area contributed by atoms with E-state index in [9.17, 15) is 9.59 Å². The van der Waals surface area contributed by atoms with E-state index < -0.39 is 12.1 Å². The maximum atomic E-state index is 14.0. The molecule has 2 aromatic heterocycles. The van der Waals surface area contributed by atoms with Gasteiger partial charge in [-0.3, -0.25) is 28.5 Å². The summed E-state index contributed by atoms with van der Waals surface area (Å²) in [4.78, 5) is 45.2. The third-order valence-electron chi connectivity index (χ3n) is 10.6. The van der Waals surface area contributed by atoms with Gasteiger partial charge in [-0.2, -0.15) is 0 Å². The highest BCUT2D eigenvalue weighted by molar-refractivity contribution is 5.92. The fourth-order valence-corrected chi connectivity index (χ4v) is 7.92. The van der Waals surface area contributed by atoms with Crippen molar-refractivity contribution in [2.24, 2.45) is 0 Å². The van der Waals surface area contributed by atoms with Gasteiger partial charge in [0.2, 0.25) is 11.8 Å². The van der Waals surface area contributed by atoms with Crippen LogP contribution in [0.25, 0.3) is 33.9 Å². The first-order valence-corrected chi connectivity index (χ1v) is 19.0. The van der Waals surface area contributed by atoms with Gasteiger partial charge in [0.05, 0.1) is 11.4 Å². The van der Waals surface area contributed by atoms with E-state index in [1.54, 1.807) is 12.4 Å². The Morgan fingerprint density at radius 1 is 0.536 bits per heavy atom. The standard InChI is InChI=1S/C46H46N8O2/c1-49(2)41(35-13-7-5-8-14-35)45(55)53-29-11-17-39(53)43-47-27-31-51(43)37-23-19-33(20-24-37)34-21-25-38(26-22-34)52-32-28-48-44(52)40-18-12-30-54(40)46(56)42(50(3)4)36-15-9-6-10-16-36/h5-10,13-28,31-32,41-42H,11-12,29-30H2,1-4H3/t41-,42-/m1/s1. The summed E-state index contributed by atoms with van der Waals surface area (Å²) >= 11 is 0. The average molecular weight is 743 g/mol. The number of carbonyl (C=O) groups excluding carboxylic acids is 2. The van der Waals surface area contributed by atoms with Crippen molar-refractivity contribution in [3.8, 4) is 22.5 Å². The van der Waals surface area contributed by atoms with Crippen LogP contribution in [0.3, 0.4) is 0 Å². The van der Waals surface area contributed by atoms with Gasteiger partial charge in [-0.1, -0.05) is 97.1 Å². The van der Waals surface area contributed by atoms with E-state index >= 15 is 0 Å². The molecule has 0 radical (unpaired) electrons. The van der Waals surface area contributed by atoms with Gasteiger partial charge in [-0.05, 0) is 87.6 Å². The summed E-state index contributed by atoms with van der Waals surface area (Å²) in [6, 6.07) is 35.9. The monoisotopic (exact) mass is 742 g/mol. The molecule has 282 valence electrons. The Kier molecular flexibility index (Phi) is 10.3. The van der Waals surface area contributed by atoms with Gasteiger partial charge in [0.25, 0.3) is 0 Å². The first kappa shape index (κ1) is 36.6. The number of amides is 2. The van der Waals surface area contributed by atoms with Crippen LogP contribution in [0.2, 0.25) is 0 Å². The highest BCUT2D eigenvalue weighted by atomic mass is 16.2. The lowest BCUT2D eigenvalue weighted by atomic mass is 10.0. The summed E-state index contributed by atoms with van der Waals surface area (Å²) in [7, 11) is 7.78. The molecule has 8 rings (SSSR count). The molecule has 0 unspecified atom stereocenters. The lowest BCUT2D eigenvalue weighted by molar-refractivity contribution is -0.133. The number of hydrogen-bond donors (Lipinski definition) is 0. The Morgan fingerprint density at radius 3 is 1.27 bits per heavy atom. The molecule has 2 amide bonds. The molecule has 0 spiro atoms. The summed E-state index contributed by atoms with van der Waals surface area (Å²) in [5, 5.41) is 0. The molecule has 0 saturated carbocycles. The van der Waals surface area contributed by atoms with Gasteiger partial charge in [0, 0.05) is 49.3 Å². The number of benzene rings is 4. The number of aromatic nitrogens is 4. The SMILES string of the molecule is CN(C)[C@@H](C(=O)N1CCC=C1c1nccn1-c1ccc(-c2ccc(-n3ccnc3C3=CCCN3C(=O)[C@@H](c3ccccc3)N(C)C)cc2)cc1)c1ccccc1. The van der Waals surface area contributed by atoms with E-state index in [0.29, 0.717) is 13.1 Å². The van der Waals surface area contributed by atoms with Gasteiger partial charge in [0.15, 0.2) is 11.6 Å². The van der Waals surface area contributed by atoms with Crippen LogP contribution in [0.5, 0.6) is 0 Å². The fraction of sp³-hybridized carbons (Fsp3) is 0.217. The zero-order chi connectivity index (χ0) is 38.8. The maximum absolute atomic E-state index is 14.0. The Bertz CT molecular complexity index is 2210. The minimum absolute atomic E-state index is 0.0351. The molecule has 0 fully saturated rings. The van der Waals surface area contributed by atoms with Crippen molar-refractivity contribution in [2.45, 2.75) is 24.9 Å². The fourth-order valence-electron chi connectivity index (χ4n) is 7.92. The molecule has 0 N–H and O–H groups in total. The summed E-state index contributed by atoms with van der Waals surface area (Å²) in [5.41, 5.74) is 7.66. The molecule has 2 aliphatic heterocycles. The van der Waals surface area contributed by atoms with Gasteiger partial charge < -0.3 is 9.80 Å². The first-order chi connectivity index (χ1) is 27.3. The number of hydrogen-bond acceptors (Lipinski definition) is 6. The molecule has 4 heterocycles. The van der Waals surface area contributed by atoms with Crippen molar-refractivity contribution in [2.75, 3.05) is 41.3 Å². The van der Waals surface area contributed by atoms with Crippen molar-refractivity contribution in [3.63, 3.8) is 0 Å². The zero-order valence-corrected chi connectivity index (χ0v) is 32.2. The zero-order valence-electron chi connectivity index (χ0n) is 32.2. The van der Waals surface area contributed by atoms with Crippen molar-refractivity contribution >= 4 is 23.2 Å². The van der Waals surface area contributed by atoms with Crippen LogP contribution in [-0.4, -0.2) is 91.8 Å². The molecule has 2 atom stereocenters. The molecule has 4 aromatic carbocycles. The highest BCUT2D eigenvalue weighted by Gasteiger charge is 2.35. The van der Waals surface area contributed by atoms with Crippen LogP contribution in [0, 0.1) is 0 Å². The average Bonchev–Trinajstić information content (AvgIpc) is 4.06. The van der Waals surface area contributed by atoms with E-state index in [4.69, 9.17) is 9.97 Å². The van der Waals surface area contributed by atoms with Crippen LogP contribution in [0.15, 0.2) is 146 Å². The smallest absolute Gasteiger partial charge is 0.249 e. The molecule has 0 saturated heterocycles. The molecule has 10 heteroatoms. The van der Waals surface area contributed by atoms with E-state index in [1.807, 2.05) is 130 Å². The van der Waals surface area contributed by atoms with E-state index in [1.165, 1.54) is 0 Å². The Balaban J connectivity index is 0.993. The van der Waals surface area contributed by atoms with Gasteiger partial charge >= 0.3 is 0 Å². The molecule has 6 aromatic rings. The molecular formula is C46H46N8O2. The Hall–Kier alpha value is -6.36. The summed E-state index contributed by atoms with van der Waals surface area (Å²) in [5.74, 6) is 1.55. The number of nitrogens with zero attached hydrogens (tertiary/aromatic N) is 8. The van der Waals surface area contributed by atoms with E-state index in [2.05, 4.69) is 60.7 Å². The Morgan fingerprint density at radius 2 is 0.911 bits per heavy atom. The van der Waals surface area contributed by atoms with E-state index in [0.717, 1.165) is 69.5 Å². The van der Waals surface area contributed by atoms with Crippen LogP contribution < -0.4 is 0 Å². The predicted octanol–water partition coefficient (Wildman–Crippen LogP) is 7.48. The number of imidazole rings is 2. The van der Waals surface area contributed by atoms with Gasteiger partial charge in [-0.15, -0.1) is 0 Å². The summed E-state index contributed by atoms with van der Waals surface area (Å²) in [6.07, 6.45) is 13.2. The third-order valence-corrected chi connectivity index (χ3v) is 10.6. The highest BCUT2D eigenvalue weighted by Crippen LogP contribution is 2.34. The largest absolute Gasteiger partial charge is 0.307 e. The molecule has 0 bridgehead atoms. The summed E-state index contributed by atoms with van der Waals surface area (Å²) < 4.78 is 4.09. The molecule has 56 heavy (non-hydrogen) atoms. The summed E-state index contributed by atoms with van der Waals surface area (Å²) in [6.45, 7) is 1.24. The molecule has 10 nitrogen and oxygen atoms in total. The minimum Gasteiger partial charge on any atom is -0.307 e. The second-order valence-corrected chi connectivity index (χ2v) is 14.6. The van der Waals surface area contributed by atoms with Crippen molar-refractivity contribution in [3.05, 3.63) is 169 Å². The van der Waals surface area contributed by atoms with Gasteiger partial charge in [-0.25, -0.2) is 9.97 Å². The van der Waals surface area contributed by atoms with E-state index in [-0.39, 0.29) is 11.8 Å².